The average Bonchev–Trinajstić information content (AvgIpc) is 2.52. The summed E-state index contributed by atoms with van der Waals surface area (Å²) in [7, 11) is 0. The van der Waals surface area contributed by atoms with Crippen LogP contribution in [0.1, 0.15) is 31.2 Å². The Balaban J connectivity index is 1.68. The zero-order valence-corrected chi connectivity index (χ0v) is 12.0. The molecule has 0 aromatic heterocycles. The van der Waals surface area contributed by atoms with Crippen LogP contribution in [0.5, 0.6) is 0 Å². The fourth-order valence-corrected chi connectivity index (χ4v) is 2.70. The van der Waals surface area contributed by atoms with Gasteiger partial charge >= 0.3 is 12.1 Å². The van der Waals surface area contributed by atoms with Gasteiger partial charge in [0.05, 0.1) is 5.92 Å². The summed E-state index contributed by atoms with van der Waals surface area (Å²) in [4.78, 5) is 22.6. The van der Waals surface area contributed by atoms with Gasteiger partial charge in [-0.25, -0.2) is 4.79 Å². The Morgan fingerprint density at radius 1 is 1.24 bits per heavy atom. The number of hydrogen-bond donors (Lipinski definition) is 2. The van der Waals surface area contributed by atoms with E-state index >= 15 is 0 Å². The second kappa shape index (κ2) is 7.67. The van der Waals surface area contributed by atoms with Crippen LogP contribution >= 0.6 is 0 Å². The van der Waals surface area contributed by atoms with E-state index in [1.54, 1.807) is 0 Å². The fraction of sp³-hybridized carbons (Fsp3) is 0.500. The number of hydrogen-bond acceptors (Lipinski definition) is 3. The first-order chi connectivity index (χ1) is 10.1. The predicted molar refractivity (Wildman–Crippen MR) is 77.7 cm³/mol. The van der Waals surface area contributed by atoms with E-state index in [2.05, 4.69) is 5.32 Å². The van der Waals surface area contributed by atoms with Gasteiger partial charge in [0.2, 0.25) is 0 Å². The van der Waals surface area contributed by atoms with E-state index in [0.29, 0.717) is 13.0 Å². The van der Waals surface area contributed by atoms with Crippen LogP contribution in [0.15, 0.2) is 30.3 Å². The molecule has 1 amide bonds. The summed E-state index contributed by atoms with van der Waals surface area (Å²) in [6, 6.07) is 9.48. The van der Waals surface area contributed by atoms with Crippen molar-refractivity contribution in [1.29, 1.82) is 0 Å². The highest BCUT2D eigenvalue weighted by Crippen LogP contribution is 2.28. The lowest BCUT2D eigenvalue weighted by Crippen LogP contribution is -2.33. The quantitative estimate of drug-likeness (QED) is 0.874. The van der Waals surface area contributed by atoms with Gasteiger partial charge in [0.15, 0.2) is 0 Å². The Labute approximate surface area is 124 Å². The molecule has 0 bridgehead atoms. The van der Waals surface area contributed by atoms with Crippen molar-refractivity contribution in [2.24, 2.45) is 11.8 Å². The zero-order chi connectivity index (χ0) is 15.1. The van der Waals surface area contributed by atoms with E-state index in [9.17, 15) is 9.59 Å². The topological polar surface area (TPSA) is 75.6 Å². The average molecular weight is 291 g/mol. The molecule has 0 saturated heterocycles. The minimum Gasteiger partial charge on any atom is -0.481 e. The van der Waals surface area contributed by atoms with Crippen molar-refractivity contribution in [3.63, 3.8) is 0 Å². The summed E-state index contributed by atoms with van der Waals surface area (Å²) in [6.07, 6.45) is 2.79. The molecule has 2 atom stereocenters. The molecule has 2 rings (SSSR count). The van der Waals surface area contributed by atoms with Gasteiger partial charge in [0, 0.05) is 6.54 Å². The molecule has 1 aliphatic rings. The van der Waals surface area contributed by atoms with Crippen molar-refractivity contribution < 1.29 is 19.4 Å². The molecule has 2 N–H and O–H groups in total. The smallest absolute Gasteiger partial charge is 0.407 e. The Kier molecular flexibility index (Phi) is 5.60. The second-order valence-corrected chi connectivity index (χ2v) is 5.51. The third kappa shape index (κ3) is 5.10. The van der Waals surface area contributed by atoms with Crippen molar-refractivity contribution in [2.75, 3.05) is 6.54 Å². The van der Waals surface area contributed by atoms with Crippen molar-refractivity contribution in [2.45, 2.75) is 32.3 Å². The highest BCUT2D eigenvalue weighted by Gasteiger charge is 2.27. The van der Waals surface area contributed by atoms with Crippen molar-refractivity contribution in [3.05, 3.63) is 35.9 Å². The molecular formula is C16H21NO4. The van der Waals surface area contributed by atoms with Gasteiger partial charge in [-0.15, -0.1) is 0 Å². The first kappa shape index (κ1) is 15.4. The fourth-order valence-electron chi connectivity index (χ4n) is 2.70. The molecule has 1 aromatic carbocycles. The van der Waals surface area contributed by atoms with Gasteiger partial charge in [0.25, 0.3) is 0 Å². The number of amides is 1. The predicted octanol–water partition coefficient (Wildman–Crippen LogP) is 2.80. The maximum atomic E-state index is 11.6. The number of carbonyl (C=O) groups excluding carboxylic acids is 1. The molecule has 114 valence electrons. The summed E-state index contributed by atoms with van der Waals surface area (Å²) < 4.78 is 5.13. The Hall–Kier alpha value is -2.04. The van der Waals surface area contributed by atoms with Crippen LogP contribution in [0, 0.1) is 11.8 Å². The van der Waals surface area contributed by atoms with Crippen LogP contribution in [-0.2, 0) is 16.1 Å². The second-order valence-electron chi connectivity index (χ2n) is 5.51. The number of carbonyl (C=O) groups is 2. The van der Waals surface area contributed by atoms with Gasteiger partial charge < -0.3 is 15.2 Å². The minimum absolute atomic E-state index is 0.226. The number of aliphatic carboxylic acids is 1. The lowest BCUT2D eigenvalue weighted by molar-refractivity contribution is -0.143. The van der Waals surface area contributed by atoms with Crippen LogP contribution in [-0.4, -0.2) is 23.7 Å². The van der Waals surface area contributed by atoms with Crippen LogP contribution in [0.2, 0.25) is 0 Å². The molecule has 2 unspecified atom stereocenters. The Morgan fingerprint density at radius 3 is 2.71 bits per heavy atom. The number of carboxylic acids is 1. The van der Waals surface area contributed by atoms with Gasteiger partial charge in [-0.05, 0) is 30.7 Å². The van der Waals surface area contributed by atoms with E-state index < -0.39 is 12.1 Å². The van der Waals surface area contributed by atoms with Gasteiger partial charge in [0.1, 0.15) is 6.61 Å². The highest BCUT2D eigenvalue weighted by molar-refractivity contribution is 5.70. The van der Waals surface area contributed by atoms with Crippen LogP contribution < -0.4 is 5.32 Å². The van der Waals surface area contributed by atoms with Crippen molar-refractivity contribution in [1.82, 2.24) is 5.32 Å². The third-order valence-electron chi connectivity index (χ3n) is 3.88. The number of benzene rings is 1. The molecule has 5 heteroatoms. The summed E-state index contributed by atoms with van der Waals surface area (Å²) in [5.41, 5.74) is 0.941. The Morgan fingerprint density at radius 2 is 2.00 bits per heavy atom. The standard InChI is InChI=1S/C16H21NO4/c18-15(19)14-8-4-7-13(9-14)10-17-16(20)21-11-12-5-2-1-3-6-12/h1-3,5-6,13-14H,4,7-11H2,(H,17,20)(H,18,19). The lowest BCUT2D eigenvalue weighted by Gasteiger charge is -2.26. The lowest BCUT2D eigenvalue weighted by atomic mass is 9.81. The SMILES string of the molecule is O=C(NCC1CCCC(C(=O)O)C1)OCc1ccccc1. The van der Waals surface area contributed by atoms with E-state index in [-0.39, 0.29) is 18.4 Å². The summed E-state index contributed by atoms with van der Waals surface area (Å²) in [5.74, 6) is -0.777. The number of ether oxygens (including phenoxy) is 1. The van der Waals surface area contributed by atoms with Gasteiger partial charge in [-0.2, -0.15) is 0 Å². The molecule has 0 spiro atoms. The minimum atomic E-state index is -0.730. The molecule has 1 aromatic rings. The third-order valence-corrected chi connectivity index (χ3v) is 3.88. The number of carboxylic acid groups (broad SMARTS) is 1. The first-order valence-electron chi connectivity index (χ1n) is 7.32. The number of alkyl carbamates (subject to hydrolysis) is 1. The summed E-state index contributed by atoms with van der Waals surface area (Å²) in [6.45, 7) is 0.729. The van der Waals surface area contributed by atoms with E-state index in [4.69, 9.17) is 9.84 Å². The van der Waals surface area contributed by atoms with E-state index in [1.165, 1.54) is 0 Å². The molecular weight excluding hydrogens is 270 g/mol. The summed E-state index contributed by atoms with van der Waals surface area (Å²) in [5, 5.41) is 11.8. The molecule has 21 heavy (non-hydrogen) atoms. The molecule has 1 fully saturated rings. The normalized spacial score (nSPS) is 21.5. The molecule has 0 radical (unpaired) electrons. The molecule has 0 heterocycles. The van der Waals surface area contributed by atoms with Gasteiger partial charge in [-0.1, -0.05) is 36.8 Å². The van der Waals surface area contributed by atoms with Crippen LogP contribution in [0.25, 0.3) is 0 Å². The van der Waals surface area contributed by atoms with Crippen LogP contribution in [0.3, 0.4) is 0 Å². The zero-order valence-electron chi connectivity index (χ0n) is 12.0. The van der Waals surface area contributed by atoms with Gasteiger partial charge in [-0.3, -0.25) is 4.79 Å². The molecule has 0 aliphatic heterocycles. The van der Waals surface area contributed by atoms with Crippen molar-refractivity contribution in [3.8, 4) is 0 Å². The summed E-state index contributed by atoms with van der Waals surface area (Å²) >= 11 is 0. The van der Waals surface area contributed by atoms with E-state index in [1.807, 2.05) is 30.3 Å². The largest absolute Gasteiger partial charge is 0.481 e. The monoisotopic (exact) mass is 291 g/mol. The number of rotatable bonds is 5. The highest BCUT2D eigenvalue weighted by atomic mass is 16.5. The maximum Gasteiger partial charge on any atom is 0.407 e. The number of nitrogens with one attached hydrogen (secondary N) is 1. The molecule has 5 nitrogen and oxygen atoms in total. The van der Waals surface area contributed by atoms with E-state index in [0.717, 1.165) is 24.8 Å². The van der Waals surface area contributed by atoms with Crippen molar-refractivity contribution >= 4 is 12.1 Å². The molecule has 1 aliphatic carbocycles. The maximum absolute atomic E-state index is 11.6. The first-order valence-corrected chi connectivity index (χ1v) is 7.32. The Bertz CT molecular complexity index is 474. The van der Waals surface area contributed by atoms with Crippen LogP contribution in [0.4, 0.5) is 4.79 Å². The molecule has 1 saturated carbocycles.